The predicted octanol–water partition coefficient (Wildman–Crippen LogP) is 1.01. The first-order valence-electron chi connectivity index (χ1n) is 9.35. The Labute approximate surface area is 169 Å². The summed E-state index contributed by atoms with van der Waals surface area (Å²) in [5.74, 6) is -1.71. The molecule has 0 unspecified atom stereocenters. The lowest BCUT2D eigenvalue weighted by atomic mass is 10.2. The zero-order valence-electron chi connectivity index (χ0n) is 15.8. The van der Waals surface area contributed by atoms with Crippen molar-refractivity contribution in [3.05, 3.63) is 60.4 Å². The van der Waals surface area contributed by atoms with Crippen LogP contribution in [0.15, 0.2) is 59.8 Å². The van der Waals surface area contributed by atoms with E-state index in [2.05, 4.69) is 15.6 Å². The van der Waals surface area contributed by atoms with E-state index in [1.165, 1.54) is 24.5 Å². The normalized spacial score (nSPS) is 17.4. The SMILES string of the molecule is O=C(NC[C@@H]1CCCO1)C(=O)NC[C@@H](c1cccnc1)S(=O)(=O)c1ccccc1. The van der Waals surface area contributed by atoms with Crippen LogP contribution in [0.25, 0.3) is 0 Å². The molecule has 29 heavy (non-hydrogen) atoms. The lowest BCUT2D eigenvalue weighted by Crippen LogP contribution is -2.44. The maximum atomic E-state index is 13.1. The van der Waals surface area contributed by atoms with Crippen LogP contribution >= 0.6 is 0 Å². The number of sulfone groups is 1. The molecule has 1 aromatic heterocycles. The number of hydrogen-bond donors (Lipinski definition) is 2. The molecule has 0 bridgehead atoms. The molecule has 1 aliphatic rings. The average molecular weight is 417 g/mol. The topological polar surface area (TPSA) is 114 Å². The van der Waals surface area contributed by atoms with Gasteiger partial charge in [0.1, 0.15) is 5.25 Å². The van der Waals surface area contributed by atoms with Gasteiger partial charge in [-0.3, -0.25) is 14.6 Å². The van der Waals surface area contributed by atoms with Crippen LogP contribution in [-0.4, -0.2) is 51.0 Å². The van der Waals surface area contributed by atoms with Gasteiger partial charge in [0.2, 0.25) is 0 Å². The molecule has 2 N–H and O–H groups in total. The molecule has 154 valence electrons. The van der Waals surface area contributed by atoms with Crippen LogP contribution in [0, 0.1) is 0 Å². The summed E-state index contributed by atoms with van der Waals surface area (Å²) in [6, 6.07) is 11.2. The quantitative estimate of drug-likeness (QED) is 0.650. The van der Waals surface area contributed by atoms with Gasteiger partial charge in [0.05, 0.1) is 11.0 Å². The van der Waals surface area contributed by atoms with E-state index in [1.54, 1.807) is 30.3 Å². The van der Waals surface area contributed by atoms with Crippen molar-refractivity contribution in [3.8, 4) is 0 Å². The second kappa shape index (κ2) is 9.62. The molecule has 1 aromatic carbocycles. The average Bonchev–Trinajstić information content (AvgIpc) is 3.27. The van der Waals surface area contributed by atoms with Gasteiger partial charge in [-0.2, -0.15) is 0 Å². The molecule has 0 saturated carbocycles. The van der Waals surface area contributed by atoms with Gasteiger partial charge in [0.15, 0.2) is 9.84 Å². The molecule has 9 heteroatoms. The zero-order chi connectivity index (χ0) is 20.7. The van der Waals surface area contributed by atoms with Gasteiger partial charge >= 0.3 is 11.8 Å². The van der Waals surface area contributed by atoms with Crippen molar-refractivity contribution in [2.24, 2.45) is 0 Å². The summed E-state index contributed by atoms with van der Waals surface area (Å²) in [5, 5.41) is 3.88. The van der Waals surface area contributed by atoms with E-state index in [4.69, 9.17) is 4.74 Å². The lowest BCUT2D eigenvalue weighted by molar-refractivity contribution is -0.139. The number of nitrogens with one attached hydrogen (secondary N) is 2. The molecular weight excluding hydrogens is 394 g/mol. The number of amides is 2. The van der Waals surface area contributed by atoms with E-state index in [0.717, 1.165) is 12.8 Å². The largest absolute Gasteiger partial charge is 0.376 e. The Bertz CT molecular complexity index is 929. The van der Waals surface area contributed by atoms with Crippen LogP contribution in [0.5, 0.6) is 0 Å². The first-order valence-corrected chi connectivity index (χ1v) is 10.9. The minimum atomic E-state index is -3.81. The molecule has 2 atom stereocenters. The molecule has 1 fully saturated rings. The Morgan fingerprint density at radius 2 is 1.86 bits per heavy atom. The molecule has 2 heterocycles. The third-order valence-electron chi connectivity index (χ3n) is 4.67. The first-order chi connectivity index (χ1) is 14.0. The summed E-state index contributed by atoms with van der Waals surface area (Å²) < 4.78 is 31.6. The molecule has 0 aliphatic carbocycles. The predicted molar refractivity (Wildman–Crippen MR) is 106 cm³/mol. The first kappa shape index (κ1) is 20.9. The number of pyridine rings is 1. The number of benzene rings is 1. The number of carbonyl (C=O) groups excluding carboxylic acids is 2. The van der Waals surface area contributed by atoms with Gasteiger partial charge < -0.3 is 15.4 Å². The van der Waals surface area contributed by atoms with Crippen LogP contribution in [0.4, 0.5) is 0 Å². The van der Waals surface area contributed by atoms with Crippen LogP contribution < -0.4 is 10.6 Å². The number of rotatable bonds is 7. The monoisotopic (exact) mass is 417 g/mol. The van der Waals surface area contributed by atoms with Crippen molar-refractivity contribution in [1.82, 2.24) is 15.6 Å². The van der Waals surface area contributed by atoms with Gasteiger partial charge in [-0.05, 0) is 36.6 Å². The van der Waals surface area contributed by atoms with Crippen molar-refractivity contribution in [2.45, 2.75) is 29.1 Å². The molecule has 1 aliphatic heterocycles. The van der Waals surface area contributed by atoms with Crippen molar-refractivity contribution < 1.29 is 22.7 Å². The van der Waals surface area contributed by atoms with Crippen LogP contribution in [0.2, 0.25) is 0 Å². The minimum absolute atomic E-state index is 0.0895. The number of carbonyl (C=O) groups is 2. The Kier molecular flexibility index (Phi) is 6.95. The molecule has 2 amide bonds. The molecule has 0 radical (unpaired) electrons. The summed E-state index contributed by atoms with van der Waals surface area (Å²) in [5.41, 5.74) is 0.427. The van der Waals surface area contributed by atoms with E-state index in [9.17, 15) is 18.0 Å². The fourth-order valence-corrected chi connectivity index (χ4v) is 4.77. The standard InChI is InChI=1S/C20H23N3O5S/c24-19(22-13-16-7-5-11-28-16)20(25)23-14-18(15-6-4-10-21-12-15)29(26,27)17-8-2-1-3-9-17/h1-4,6,8-10,12,16,18H,5,7,11,13-14H2,(H,22,24)(H,23,25)/t16-,18-/m0/s1. The number of aromatic nitrogens is 1. The van der Waals surface area contributed by atoms with E-state index in [1.807, 2.05) is 0 Å². The van der Waals surface area contributed by atoms with E-state index in [0.29, 0.717) is 12.2 Å². The summed E-state index contributed by atoms with van der Waals surface area (Å²) in [7, 11) is -3.81. The Morgan fingerprint density at radius 3 is 2.52 bits per heavy atom. The van der Waals surface area contributed by atoms with Crippen molar-refractivity contribution >= 4 is 21.7 Å². The molecule has 8 nitrogen and oxygen atoms in total. The highest BCUT2D eigenvalue weighted by Crippen LogP contribution is 2.27. The van der Waals surface area contributed by atoms with Crippen LogP contribution in [-0.2, 0) is 24.2 Å². The fraction of sp³-hybridized carbons (Fsp3) is 0.350. The molecule has 1 saturated heterocycles. The second-order valence-electron chi connectivity index (χ2n) is 6.69. The van der Waals surface area contributed by atoms with Crippen LogP contribution in [0.3, 0.4) is 0 Å². The summed E-state index contributed by atoms with van der Waals surface area (Å²) in [6.45, 7) is 0.645. The smallest absolute Gasteiger partial charge is 0.309 e. The second-order valence-corrected chi connectivity index (χ2v) is 8.82. The fourth-order valence-electron chi connectivity index (χ4n) is 3.11. The van der Waals surface area contributed by atoms with Gasteiger partial charge in [0.25, 0.3) is 0 Å². The highest BCUT2D eigenvalue weighted by Gasteiger charge is 2.30. The van der Waals surface area contributed by atoms with Gasteiger partial charge in [0, 0.05) is 32.1 Å². The maximum absolute atomic E-state index is 13.1. The van der Waals surface area contributed by atoms with E-state index < -0.39 is 26.9 Å². The molecule has 0 spiro atoms. The highest BCUT2D eigenvalue weighted by atomic mass is 32.2. The van der Waals surface area contributed by atoms with Gasteiger partial charge in [-0.15, -0.1) is 0 Å². The Hall–Kier alpha value is -2.78. The van der Waals surface area contributed by atoms with Crippen molar-refractivity contribution in [2.75, 3.05) is 19.7 Å². The highest BCUT2D eigenvalue weighted by molar-refractivity contribution is 7.91. The zero-order valence-corrected chi connectivity index (χ0v) is 16.6. The Balaban J connectivity index is 1.69. The Morgan fingerprint density at radius 1 is 1.10 bits per heavy atom. The number of hydrogen-bond acceptors (Lipinski definition) is 6. The summed E-state index contributed by atoms with van der Waals surface area (Å²) in [4.78, 5) is 28.3. The van der Waals surface area contributed by atoms with Gasteiger partial charge in [-0.1, -0.05) is 24.3 Å². The number of ether oxygens (including phenoxy) is 1. The van der Waals surface area contributed by atoms with E-state index >= 15 is 0 Å². The lowest BCUT2D eigenvalue weighted by Gasteiger charge is -2.19. The van der Waals surface area contributed by atoms with Crippen molar-refractivity contribution in [3.63, 3.8) is 0 Å². The minimum Gasteiger partial charge on any atom is -0.376 e. The third-order valence-corrected chi connectivity index (χ3v) is 6.79. The third kappa shape index (κ3) is 5.39. The summed E-state index contributed by atoms with van der Waals surface area (Å²) in [6.07, 6.45) is 4.65. The molecule has 2 aromatic rings. The molecule has 3 rings (SSSR count). The maximum Gasteiger partial charge on any atom is 0.309 e. The van der Waals surface area contributed by atoms with Crippen LogP contribution in [0.1, 0.15) is 23.7 Å². The molecular formula is C20H23N3O5S. The van der Waals surface area contributed by atoms with Crippen molar-refractivity contribution in [1.29, 1.82) is 0 Å². The van der Waals surface area contributed by atoms with Gasteiger partial charge in [-0.25, -0.2) is 8.42 Å². The summed E-state index contributed by atoms with van der Waals surface area (Å²) >= 11 is 0. The number of nitrogens with zero attached hydrogens (tertiary/aromatic N) is 1. The van der Waals surface area contributed by atoms with E-state index in [-0.39, 0.29) is 24.1 Å².